The van der Waals surface area contributed by atoms with Gasteiger partial charge in [0.15, 0.2) is 0 Å². The van der Waals surface area contributed by atoms with E-state index in [1.807, 2.05) is 10.9 Å². The Morgan fingerprint density at radius 3 is 3.21 bits per heavy atom. The lowest BCUT2D eigenvalue weighted by Gasteiger charge is -2.06. The number of amides is 1. The van der Waals surface area contributed by atoms with E-state index in [4.69, 9.17) is 4.74 Å². The number of aromatic nitrogens is 4. The van der Waals surface area contributed by atoms with Crippen molar-refractivity contribution in [1.82, 2.24) is 19.4 Å². The average Bonchev–Trinajstić information content (AvgIpc) is 3.07. The van der Waals surface area contributed by atoms with Gasteiger partial charge < -0.3 is 10.1 Å². The Morgan fingerprint density at radius 2 is 2.53 bits per heavy atom. The zero-order valence-electron chi connectivity index (χ0n) is 10.4. The van der Waals surface area contributed by atoms with Crippen LogP contribution < -0.4 is 5.32 Å². The number of carbonyl (C=O) groups excluding carboxylic acids is 1. The minimum Gasteiger partial charge on any atom is -0.379 e. The first kappa shape index (κ1) is 12.2. The molecule has 1 N–H and O–H groups in total. The summed E-state index contributed by atoms with van der Waals surface area (Å²) in [7, 11) is 0. The number of aryl methyl sites for hydroxylation is 1. The Hall–Kier alpha value is -1.80. The molecule has 0 bridgehead atoms. The van der Waals surface area contributed by atoms with Crippen LogP contribution in [-0.4, -0.2) is 38.5 Å². The van der Waals surface area contributed by atoms with Crippen molar-refractivity contribution in [3.8, 4) is 0 Å². The largest absolute Gasteiger partial charge is 0.379 e. The van der Waals surface area contributed by atoms with Gasteiger partial charge in [0.1, 0.15) is 4.88 Å². The van der Waals surface area contributed by atoms with E-state index in [0.717, 1.165) is 24.6 Å². The summed E-state index contributed by atoms with van der Waals surface area (Å²) in [6.45, 7) is 3.20. The molecule has 3 rings (SSSR count). The topological polar surface area (TPSA) is 81.9 Å². The summed E-state index contributed by atoms with van der Waals surface area (Å²) >= 11 is 1.09. The van der Waals surface area contributed by atoms with Crippen LogP contribution in [0.4, 0.5) is 5.69 Å². The zero-order chi connectivity index (χ0) is 13.2. The fraction of sp³-hybridized carbons (Fsp3) is 0.455. The van der Waals surface area contributed by atoms with Crippen LogP contribution in [0.3, 0.4) is 0 Å². The van der Waals surface area contributed by atoms with Crippen LogP contribution in [0.1, 0.15) is 27.8 Å². The molecule has 0 spiro atoms. The number of carbonyl (C=O) groups is 1. The summed E-state index contributed by atoms with van der Waals surface area (Å²) in [5.74, 6) is -0.199. The molecular weight excluding hydrogens is 266 g/mol. The molecule has 1 fully saturated rings. The molecule has 7 nitrogen and oxygen atoms in total. The number of hydrogen-bond donors (Lipinski definition) is 1. The van der Waals surface area contributed by atoms with Gasteiger partial charge in [-0.3, -0.25) is 9.48 Å². The minimum absolute atomic E-state index is 0.199. The highest BCUT2D eigenvalue weighted by molar-refractivity contribution is 7.08. The summed E-state index contributed by atoms with van der Waals surface area (Å²) in [5.41, 5.74) is 1.31. The van der Waals surface area contributed by atoms with Crippen LogP contribution in [0.2, 0.25) is 0 Å². The fourth-order valence-electron chi connectivity index (χ4n) is 1.96. The number of hydrogen-bond acceptors (Lipinski definition) is 6. The quantitative estimate of drug-likeness (QED) is 0.914. The van der Waals surface area contributed by atoms with E-state index in [9.17, 15) is 4.79 Å². The second-order valence-electron chi connectivity index (χ2n) is 4.37. The number of ether oxygens (including phenoxy) is 1. The predicted octanol–water partition coefficient (Wildman–Crippen LogP) is 1.26. The molecule has 0 aromatic carbocycles. The lowest BCUT2D eigenvalue weighted by atomic mass is 10.3. The highest BCUT2D eigenvalue weighted by Gasteiger charge is 2.19. The molecule has 1 saturated heterocycles. The summed E-state index contributed by atoms with van der Waals surface area (Å²) in [4.78, 5) is 12.5. The molecule has 19 heavy (non-hydrogen) atoms. The normalized spacial score (nSPS) is 18.7. The standard InChI is InChI=1S/C11H13N5O2S/c1-7-10(19-15-14-7)11(17)13-8-4-12-16(5-8)9-2-3-18-6-9/h4-5,9H,2-3,6H2,1H3,(H,13,17)/t9-/m0/s1. The van der Waals surface area contributed by atoms with E-state index >= 15 is 0 Å². The molecule has 0 radical (unpaired) electrons. The molecule has 0 aliphatic carbocycles. The van der Waals surface area contributed by atoms with Gasteiger partial charge in [0.05, 0.1) is 30.2 Å². The Labute approximate surface area is 113 Å². The van der Waals surface area contributed by atoms with Crippen LogP contribution >= 0.6 is 11.5 Å². The van der Waals surface area contributed by atoms with Crippen molar-refractivity contribution in [2.45, 2.75) is 19.4 Å². The first-order valence-electron chi connectivity index (χ1n) is 5.96. The monoisotopic (exact) mass is 279 g/mol. The van der Waals surface area contributed by atoms with Gasteiger partial charge in [-0.1, -0.05) is 4.49 Å². The van der Waals surface area contributed by atoms with Crippen molar-refractivity contribution in [3.63, 3.8) is 0 Å². The molecule has 100 valence electrons. The van der Waals surface area contributed by atoms with E-state index in [2.05, 4.69) is 20.0 Å². The third kappa shape index (κ3) is 2.49. The molecule has 3 heterocycles. The third-order valence-electron chi connectivity index (χ3n) is 3.00. The number of nitrogens with zero attached hydrogens (tertiary/aromatic N) is 4. The highest BCUT2D eigenvalue weighted by Crippen LogP contribution is 2.20. The Morgan fingerprint density at radius 1 is 1.63 bits per heavy atom. The van der Waals surface area contributed by atoms with Gasteiger partial charge in [-0.25, -0.2) is 0 Å². The Kier molecular flexibility index (Phi) is 3.26. The van der Waals surface area contributed by atoms with Crippen LogP contribution in [-0.2, 0) is 4.74 Å². The first-order chi connectivity index (χ1) is 9.24. The summed E-state index contributed by atoms with van der Waals surface area (Å²) in [6.07, 6.45) is 4.41. The van der Waals surface area contributed by atoms with Crippen molar-refractivity contribution in [3.05, 3.63) is 23.0 Å². The van der Waals surface area contributed by atoms with Gasteiger partial charge in [0.25, 0.3) is 5.91 Å². The third-order valence-corrected chi connectivity index (χ3v) is 3.82. The number of nitrogens with one attached hydrogen (secondary N) is 1. The maximum Gasteiger partial charge on any atom is 0.269 e. The lowest BCUT2D eigenvalue weighted by Crippen LogP contribution is -2.11. The summed E-state index contributed by atoms with van der Waals surface area (Å²) < 4.78 is 10.9. The smallest absolute Gasteiger partial charge is 0.269 e. The van der Waals surface area contributed by atoms with Crippen LogP contribution in [0.15, 0.2) is 12.4 Å². The van der Waals surface area contributed by atoms with Crippen LogP contribution in [0.25, 0.3) is 0 Å². The predicted molar refractivity (Wildman–Crippen MR) is 69.3 cm³/mol. The molecular formula is C11H13N5O2S. The van der Waals surface area contributed by atoms with E-state index in [1.54, 1.807) is 13.1 Å². The molecule has 0 saturated carbocycles. The Balaban J connectivity index is 1.70. The molecule has 1 amide bonds. The molecule has 1 aliphatic heterocycles. The maximum atomic E-state index is 12.0. The second-order valence-corrected chi connectivity index (χ2v) is 5.12. The van der Waals surface area contributed by atoms with Gasteiger partial charge in [0.2, 0.25) is 0 Å². The average molecular weight is 279 g/mol. The van der Waals surface area contributed by atoms with Crippen molar-refractivity contribution < 1.29 is 9.53 Å². The first-order valence-corrected chi connectivity index (χ1v) is 6.73. The molecule has 8 heteroatoms. The zero-order valence-corrected chi connectivity index (χ0v) is 11.2. The van der Waals surface area contributed by atoms with Gasteiger partial charge in [-0.05, 0) is 24.9 Å². The van der Waals surface area contributed by atoms with Gasteiger partial charge in [-0.15, -0.1) is 5.10 Å². The van der Waals surface area contributed by atoms with Crippen LogP contribution in [0.5, 0.6) is 0 Å². The fourth-order valence-corrected chi connectivity index (χ4v) is 2.51. The minimum atomic E-state index is -0.199. The van der Waals surface area contributed by atoms with E-state index in [-0.39, 0.29) is 11.9 Å². The van der Waals surface area contributed by atoms with Crippen molar-refractivity contribution in [2.24, 2.45) is 0 Å². The van der Waals surface area contributed by atoms with Crippen molar-refractivity contribution in [1.29, 1.82) is 0 Å². The lowest BCUT2D eigenvalue weighted by molar-refractivity contribution is 0.103. The van der Waals surface area contributed by atoms with E-state index in [0.29, 0.717) is 22.9 Å². The van der Waals surface area contributed by atoms with Crippen molar-refractivity contribution in [2.75, 3.05) is 18.5 Å². The number of anilines is 1. The summed E-state index contributed by atoms with van der Waals surface area (Å²) in [5, 5.41) is 10.9. The molecule has 1 aliphatic rings. The molecule has 2 aromatic rings. The maximum absolute atomic E-state index is 12.0. The van der Waals surface area contributed by atoms with Gasteiger partial charge >= 0.3 is 0 Å². The second kappa shape index (κ2) is 5.06. The van der Waals surface area contributed by atoms with Gasteiger partial charge in [0, 0.05) is 12.8 Å². The SMILES string of the molecule is Cc1nnsc1C(=O)Nc1cnn([C@H]2CCOC2)c1. The summed E-state index contributed by atoms with van der Waals surface area (Å²) in [6, 6.07) is 0.262. The number of rotatable bonds is 3. The highest BCUT2D eigenvalue weighted by atomic mass is 32.1. The molecule has 1 atom stereocenters. The molecule has 0 unspecified atom stereocenters. The van der Waals surface area contributed by atoms with E-state index < -0.39 is 0 Å². The Bertz CT molecular complexity index is 587. The van der Waals surface area contributed by atoms with Crippen LogP contribution in [0, 0.1) is 6.92 Å². The van der Waals surface area contributed by atoms with Crippen molar-refractivity contribution >= 4 is 23.1 Å². The van der Waals surface area contributed by atoms with E-state index in [1.165, 1.54) is 0 Å². The molecule has 2 aromatic heterocycles. The van der Waals surface area contributed by atoms with Gasteiger partial charge in [-0.2, -0.15) is 5.10 Å².